The maximum Gasteiger partial charge on any atom is 0.257 e. The van der Waals surface area contributed by atoms with Crippen molar-refractivity contribution >= 4 is 5.91 Å². The van der Waals surface area contributed by atoms with E-state index >= 15 is 0 Å². The molecule has 1 amide bonds. The summed E-state index contributed by atoms with van der Waals surface area (Å²) < 4.78 is 11.6. The molecule has 2 fully saturated rings. The summed E-state index contributed by atoms with van der Waals surface area (Å²) in [7, 11) is 0. The number of benzene rings is 1. The van der Waals surface area contributed by atoms with E-state index in [4.69, 9.17) is 9.47 Å². The molecule has 6 heteroatoms. The molecule has 6 nitrogen and oxygen atoms in total. The maximum atomic E-state index is 13.1. The van der Waals surface area contributed by atoms with Crippen LogP contribution in [0.15, 0.2) is 48.8 Å². The van der Waals surface area contributed by atoms with E-state index < -0.39 is 0 Å². The Bertz CT molecular complexity index is 770. The molecule has 0 N–H and O–H groups in total. The van der Waals surface area contributed by atoms with E-state index in [-0.39, 0.29) is 12.0 Å². The van der Waals surface area contributed by atoms with Gasteiger partial charge in [0.2, 0.25) is 0 Å². The second-order valence-corrected chi connectivity index (χ2v) is 7.37. The lowest BCUT2D eigenvalue weighted by Crippen LogP contribution is -2.48. The molecule has 148 valence electrons. The molecule has 3 heterocycles. The van der Waals surface area contributed by atoms with Crippen LogP contribution in [0.4, 0.5) is 0 Å². The zero-order chi connectivity index (χ0) is 19.2. The second-order valence-electron chi connectivity index (χ2n) is 7.37. The molecule has 0 radical (unpaired) electrons. The van der Waals surface area contributed by atoms with Crippen molar-refractivity contribution in [1.82, 2.24) is 14.8 Å². The summed E-state index contributed by atoms with van der Waals surface area (Å²) in [5, 5.41) is 0. The summed E-state index contributed by atoms with van der Waals surface area (Å²) in [6.45, 7) is 5.39. The molecule has 1 aromatic heterocycles. The Kier molecular flexibility index (Phi) is 6.19. The monoisotopic (exact) mass is 381 g/mol. The summed E-state index contributed by atoms with van der Waals surface area (Å²) in [5.41, 5.74) is 1.89. The van der Waals surface area contributed by atoms with E-state index in [1.54, 1.807) is 0 Å². The first kappa shape index (κ1) is 18.9. The average Bonchev–Trinajstić information content (AvgIpc) is 3.27. The van der Waals surface area contributed by atoms with Crippen LogP contribution in [0.5, 0.6) is 5.75 Å². The van der Waals surface area contributed by atoms with E-state index in [9.17, 15) is 4.79 Å². The molecule has 1 atom stereocenters. The zero-order valence-electron chi connectivity index (χ0n) is 16.1. The molecule has 0 spiro atoms. The minimum atomic E-state index is 0.0477. The van der Waals surface area contributed by atoms with Gasteiger partial charge in [-0.25, -0.2) is 0 Å². The van der Waals surface area contributed by atoms with Crippen LogP contribution in [0, 0.1) is 0 Å². The molecular weight excluding hydrogens is 354 g/mol. The maximum absolute atomic E-state index is 13.1. The molecule has 1 unspecified atom stereocenters. The summed E-state index contributed by atoms with van der Waals surface area (Å²) in [5.74, 6) is 0.703. The Hall–Kier alpha value is -2.44. The molecule has 28 heavy (non-hydrogen) atoms. The van der Waals surface area contributed by atoms with Crippen molar-refractivity contribution in [2.24, 2.45) is 0 Å². The Morgan fingerprint density at radius 3 is 2.64 bits per heavy atom. The lowest BCUT2D eigenvalue weighted by atomic mass is 10.1. The minimum absolute atomic E-state index is 0.0477. The van der Waals surface area contributed by atoms with Crippen LogP contribution in [-0.4, -0.2) is 66.2 Å². The SMILES string of the molecule is O=C(c1ccccc1OCC1CCCO1)N1CCN(Cc2ccncc2)CC1. The third-order valence-corrected chi connectivity index (χ3v) is 5.38. The van der Waals surface area contributed by atoms with Crippen LogP contribution < -0.4 is 4.74 Å². The summed E-state index contributed by atoms with van der Waals surface area (Å²) in [6.07, 6.45) is 5.89. The van der Waals surface area contributed by atoms with Crippen molar-refractivity contribution in [3.05, 3.63) is 59.9 Å². The fraction of sp³-hybridized carbons (Fsp3) is 0.455. The molecule has 2 aliphatic heterocycles. The number of aromatic nitrogens is 1. The molecule has 2 saturated heterocycles. The number of rotatable bonds is 6. The number of carbonyl (C=O) groups is 1. The van der Waals surface area contributed by atoms with Crippen molar-refractivity contribution in [3.8, 4) is 5.75 Å². The third kappa shape index (κ3) is 4.69. The number of amides is 1. The zero-order valence-corrected chi connectivity index (χ0v) is 16.1. The first-order valence-electron chi connectivity index (χ1n) is 10.0. The molecule has 2 aromatic rings. The topological polar surface area (TPSA) is 54.9 Å². The van der Waals surface area contributed by atoms with Crippen molar-refractivity contribution < 1.29 is 14.3 Å². The quantitative estimate of drug-likeness (QED) is 0.770. The van der Waals surface area contributed by atoms with Gasteiger partial charge in [-0.1, -0.05) is 12.1 Å². The summed E-state index contributed by atoms with van der Waals surface area (Å²) in [4.78, 5) is 21.4. The van der Waals surface area contributed by atoms with Gasteiger partial charge in [0.15, 0.2) is 0 Å². The highest BCUT2D eigenvalue weighted by molar-refractivity contribution is 5.97. The van der Waals surface area contributed by atoms with Crippen molar-refractivity contribution in [3.63, 3.8) is 0 Å². The lowest BCUT2D eigenvalue weighted by Gasteiger charge is -2.35. The number of ether oxygens (including phenoxy) is 2. The van der Waals surface area contributed by atoms with Crippen LogP contribution in [0.2, 0.25) is 0 Å². The van der Waals surface area contributed by atoms with Gasteiger partial charge in [0.1, 0.15) is 12.4 Å². The summed E-state index contributed by atoms with van der Waals surface area (Å²) in [6, 6.07) is 11.6. The molecular formula is C22H27N3O3. The number of piperazine rings is 1. The molecule has 0 bridgehead atoms. The fourth-order valence-corrected chi connectivity index (χ4v) is 3.75. The smallest absolute Gasteiger partial charge is 0.257 e. The molecule has 0 saturated carbocycles. The number of nitrogens with zero attached hydrogens (tertiary/aromatic N) is 3. The van der Waals surface area contributed by atoms with E-state index in [0.29, 0.717) is 17.9 Å². The Morgan fingerprint density at radius 2 is 1.89 bits per heavy atom. The van der Waals surface area contributed by atoms with Gasteiger partial charge in [-0.2, -0.15) is 0 Å². The normalized spacial score (nSPS) is 20.3. The Morgan fingerprint density at radius 1 is 1.11 bits per heavy atom. The van der Waals surface area contributed by atoms with Gasteiger partial charge in [0, 0.05) is 51.7 Å². The average molecular weight is 381 g/mol. The fourth-order valence-electron chi connectivity index (χ4n) is 3.75. The van der Waals surface area contributed by atoms with Crippen LogP contribution in [0.25, 0.3) is 0 Å². The van der Waals surface area contributed by atoms with Crippen LogP contribution in [0.1, 0.15) is 28.8 Å². The van der Waals surface area contributed by atoms with E-state index in [1.165, 1.54) is 5.56 Å². The molecule has 4 rings (SSSR count). The largest absolute Gasteiger partial charge is 0.490 e. The van der Waals surface area contributed by atoms with Gasteiger partial charge >= 0.3 is 0 Å². The van der Waals surface area contributed by atoms with Gasteiger partial charge in [0.25, 0.3) is 5.91 Å². The number of pyridine rings is 1. The Labute approximate surface area is 166 Å². The van der Waals surface area contributed by atoms with E-state index in [2.05, 4.69) is 9.88 Å². The minimum Gasteiger partial charge on any atom is -0.490 e. The van der Waals surface area contributed by atoms with Crippen molar-refractivity contribution in [1.29, 1.82) is 0 Å². The number of hydrogen-bond acceptors (Lipinski definition) is 5. The van der Waals surface area contributed by atoms with Crippen molar-refractivity contribution in [2.45, 2.75) is 25.5 Å². The highest BCUT2D eigenvalue weighted by atomic mass is 16.5. The van der Waals surface area contributed by atoms with Crippen molar-refractivity contribution in [2.75, 3.05) is 39.4 Å². The van der Waals surface area contributed by atoms with Gasteiger partial charge < -0.3 is 14.4 Å². The predicted molar refractivity (Wildman–Crippen MR) is 106 cm³/mol. The summed E-state index contributed by atoms with van der Waals surface area (Å²) >= 11 is 0. The van der Waals surface area contributed by atoms with Gasteiger partial charge in [-0.05, 0) is 42.7 Å². The van der Waals surface area contributed by atoms with Crippen LogP contribution in [0.3, 0.4) is 0 Å². The first-order chi connectivity index (χ1) is 13.8. The number of carbonyl (C=O) groups excluding carboxylic acids is 1. The molecule has 0 aliphatic carbocycles. The van der Waals surface area contributed by atoms with E-state index in [0.717, 1.165) is 52.2 Å². The first-order valence-corrected chi connectivity index (χ1v) is 10.0. The van der Waals surface area contributed by atoms with Crippen LogP contribution in [-0.2, 0) is 11.3 Å². The number of hydrogen-bond donors (Lipinski definition) is 0. The van der Waals surface area contributed by atoms with Gasteiger partial charge in [-0.3, -0.25) is 14.7 Å². The molecule has 1 aromatic carbocycles. The number of para-hydroxylation sites is 1. The highest BCUT2D eigenvalue weighted by Gasteiger charge is 2.25. The lowest BCUT2D eigenvalue weighted by molar-refractivity contribution is 0.0593. The third-order valence-electron chi connectivity index (χ3n) is 5.38. The highest BCUT2D eigenvalue weighted by Crippen LogP contribution is 2.22. The Balaban J connectivity index is 1.33. The second kappa shape index (κ2) is 9.17. The van der Waals surface area contributed by atoms with Gasteiger partial charge in [0.05, 0.1) is 11.7 Å². The standard InChI is InChI=1S/C22H27N3O3/c26-22(20-5-1-2-6-21(20)28-17-19-4-3-15-27-19)25-13-11-24(12-14-25)16-18-7-9-23-10-8-18/h1-2,5-10,19H,3-4,11-17H2. The predicted octanol–water partition coefficient (Wildman–Crippen LogP) is 2.60. The van der Waals surface area contributed by atoms with E-state index in [1.807, 2.05) is 53.7 Å². The van der Waals surface area contributed by atoms with Gasteiger partial charge in [-0.15, -0.1) is 0 Å². The molecule has 2 aliphatic rings. The van der Waals surface area contributed by atoms with Crippen LogP contribution >= 0.6 is 0 Å².